The molecule has 0 amide bonds. The van der Waals surface area contributed by atoms with Crippen LogP contribution in [0.25, 0.3) is 0 Å². The first kappa shape index (κ1) is 14.6. The molecular weight excluding hydrogens is 270 g/mol. The van der Waals surface area contributed by atoms with Gasteiger partial charge < -0.3 is 5.32 Å². The molecule has 3 rings (SSSR count). The van der Waals surface area contributed by atoms with Crippen molar-refractivity contribution >= 4 is 11.5 Å². The maximum absolute atomic E-state index is 12.1. The maximum atomic E-state index is 12.1. The summed E-state index contributed by atoms with van der Waals surface area (Å²) in [5, 5.41) is 3.39. The Hall–Kier alpha value is -2.35. The second-order valence-corrected chi connectivity index (χ2v) is 6.14. The molecule has 1 aliphatic carbocycles. The molecule has 2 aromatic rings. The van der Waals surface area contributed by atoms with E-state index in [0.717, 1.165) is 17.8 Å². The third kappa shape index (κ3) is 3.45. The van der Waals surface area contributed by atoms with E-state index in [-0.39, 0.29) is 11.7 Å². The van der Waals surface area contributed by atoms with E-state index in [1.54, 1.807) is 6.08 Å². The summed E-state index contributed by atoms with van der Waals surface area (Å²) in [5.74, 6) is 0.470. The predicted octanol–water partition coefficient (Wildman–Crippen LogP) is 4.75. The Labute approximate surface area is 131 Å². The third-order valence-electron chi connectivity index (χ3n) is 4.15. The molecule has 0 radical (unpaired) electrons. The van der Waals surface area contributed by atoms with Crippen molar-refractivity contribution in [2.45, 2.75) is 32.6 Å². The molecule has 2 nitrogen and oxygen atoms in total. The molecule has 0 fully saturated rings. The van der Waals surface area contributed by atoms with Gasteiger partial charge in [-0.1, -0.05) is 47.5 Å². The Kier molecular flexibility index (Phi) is 4.10. The van der Waals surface area contributed by atoms with Gasteiger partial charge in [0.25, 0.3) is 0 Å². The highest BCUT2D eigenvalue weighted by atomic mass is 16.1. The standard InChI is InChI=1S/C20H21NO/c1-14-3-7-16(8-4-14)17-11-19(13-20(22)12-17)21-18-9-5-15(2)6-10-18/h3-10,13,17,21H,11-12H2,1-2H3/t17-/m0/s1. The monoisotopic (exact) mass is 291 g/mol. The Morgan fingerprint density at radius 2 is 1.45 bits per heavy atom. The zero-order chi connectivity index (χ0) is 15.5. The van der Waals surface area contributed by atoms with E-state index in [0.29, 0.717) is 6.42 Å². The zero-order valence-corrected chi connectivity index (χ0v) is 13.1. The highest BCUT2D eigenvalue weighted by Gasteiger charge is 2.22. The summed E-state index contributed by atoms with van der Waals surface area (Å²) < 4.78 is 0. The van der Waals surface area contributed by atoms with Crippen molar-refractivity contribution in [2.75, 3.05) is 5.32 Å². The Balaban J connectivity index is 1.76. The average molecular weight is 291 g/mol. The maximum Gasteiger partial charge on any atom is 0.158 e. The van der Waals surface area contributed by atoms with E-state index >= 15 is 0 Å². The van der Waals surface area contributed by atoms with E-state index < -0.39 is 0 Å². The lowest BCUT2D eigenvalue weighted by Gasteiger charge is -2.23. The Bertz CT molecular complexity index is 695. The minimum absolute atomic E-state index is 0.200. The van der Waals surface area contributed by atoms with Crippen LogP contribution < -0.4 is 5.32 Å². The van der Waals surface area contributed by atoms with Crippen molar-refractivity contribution < 1.29 is 4.79 Å². The normalized spacial score (nSPS) is 18.0. The third-order valence-corrected chi connectivity index (χ3v) is 4.15. The van der Waals surface area contributed by atoms with Crippen LogP contribution in [0.4, 0.5) is 5.69 Å². The SMILES string of the molecule is Cc1ccc(NC2=CC(=O)C[C@@H](c3ccc(C)cc3)C2)cc1. The molecule has 1 N–H and O–H groups in total. The second kappa shape index (κ2) is 6.18. The molecule has 0 unspecified atom stereocenters. The van der Waals surface area contributed by atoms with Crippen LogP contribution in [0.3, 0.4) is 0 Å². The fourth-order valence-corrected chi connectivity index (χ4v) is 2.88. The number of aryl methyl sites for hydroxylation is 2. The summed E-state index contributed by atoms with van der Waals surface area (Å²) >= 11 is 0. The smallest absolute Gasteiger partial charge is 0.158 e. The summed E-state index contributed by atoms with van der Waals surface area (Å²) in [6.07, 6.45) is 3.23. The number of anilines is 1. The highest BCUT2D eigenvalue weighted by Crippen LogP contribution is 2.32. The topological polar surface area (TPSA) is 29.1 Å². The molecular formula is C20H21NO. The molecule has 1 atom stereocenters. The molecule has 0 saturated heterocycles. The highest BCUT2D eigenvalue weighted by molar-refractivity contribution is 5.92. The van der Waals surface area contributed by atoms with Gasteiger partial charge in [0.05, 0.1) is 0 Å². The quantitative estimate of drug-likeness (QED) is 0.884. The van der Waals surface area contributed by atoms with Crippen molar-refractivity contribution in [1.29, 1.82) is 0 Å². The van der Waals surface area contributed by atoms with Gasteiger partial charge in [0.2, 0.25) is 0 Å². The summed E-state index contributed by atoms with van der Waals surface area (Å²) in [6, 6.07) is 16.8. The summed E-state index contributed by atoms with van der Waals surface area (Å²) in [6.45, 7) is 4.15. The van der Waals surface area contributed by atoms with Crippen LogP contribution in [0.2, 0.25) is 0 Å². The van der Waals surface area contributed by atoms with E-state index in [4.69, 9.17) is 0 Å². The van der Waals surface area contributed by atoms with Crippen LogP contribution in [-0.4, -0.2) is 5.78 Å². The fourth-order valence-electron chi connectivity index (χ4n) is 2.88. The number of carbonyl (C=O) groups is 1. The van der Waals surface area contributed by atoms with E-state index in [1.165, 1.54) is 16.7 Å². The van der Waals surface area contributed by atoms with Crippen molar-refractivity contribution in [3.05, 3.63) is 77.0 Å². The Morgan fingerprint density at radius 1 is 0.864 bits per heavy atom. The molecule has 0 heterocycles. The number of rotatable bonds is 3. The van der Waals surface area contributed by atoms with Crippen LogP contribution in [0, 0.1) is 13.8 Å². The van der Waals surface area contributed by atoms with Crippen LogP contribution in [0.1, 0.15) is 35.4 Å². The van der Waals surface area contributed by atoms with Gasteiger partial charge in [-0.3, -0.25) is 4.79 Å². The molecule has 0 spiro atoms. The average Bonchev–Trinajstić information content (AvgIpc) is 2.50. The van der Waals surface area contributed by atoms with Crippen molar-refractivity contribution in [3.8, 4) is 0 Å². The van der Waals surface area contributed by atoms with Crippen LogP contribution in [0.5, 0.6) is 0 Å². The number of hydrogen-bond donors (Lipinski definition) is 1. The number of hydrogen-bond acceptors (Lipinski definition) is 2. The lowest BCUT2D eigenvalue weighted by Crippen LogP contribution is -2.16. The van der Waals surface area contributed by atoms with Gasteiger partial charge in [-0.05, 0) is 43.9 Å². The number of carbonyl (C=O) groups excluding carboxylic acids is 1. The van der Waals surface area contributed by atoms with E-state index in [2.05, 4.69) is 67.7 Å². The Morgan fingerprint density at radius 3 is 2.09 bits per heavy atom. The number of nitrogens with one attached hydrogen (secondary N) is 1. The van der Waals surface area contributed by atoms with Gasteiger partial charge >= 0.3 is 0 Å². The molecule has 0 bridgehead atoms. The summed E-state index contributed by atoms with van der Waals surface area (Å²) in [7, 11) is 0. The van der Waals surface area contributed by atoms with Gasteiger partial charge in [-0.15, -0.1) is 0 Å². The fraction of sp³-hybridized carbons (Fsp3) is 0.250. The lowest BCUT2D eigenvalue weighted by molar-refractivity contribution is -0.115. The van der Waals surface area contributed by atoms with Crippen LogP contribution >= 0.6 is 0 Å². The second-order valence-electron chi connectivity index (χ2n) is 6.14. The van der Waals surface area contributed by atoms with Crippen molar-refractivity contribution in [2.24, 2.45) is 0 Å². The molecule has 2 aromatic carbocycles. The molecule has 1 aliphatic rings. The predicted molar refractivity (Wildman–Crippen MR) is 91.0 cm³/mol. The van der Waals surface area contributed by atoms with Crippen LogP contribution in [0.15, 0.2) is 60.3 Å². The number of ketones is 1. The van der Waals surface area contributed by atoms with Gasteiger partial charge in [0, 0.05) is 23.9 Å². The largest absolute Gasteiger partial charge is 0.359 e. The van der Waals surface area contributed by atoms with Crippen molar-refractivity contribution in [3.63, 3.8) is 0 Å². The number of allylic oxidation sites excluding steroid dienone is 2. The molecule has 0 saturated carbocycles. The molecule has 2 heteroatoms. The molecule has 0 aliphatic heterocycles. The van der Waals surface area contributed by atoms with Crippen LogP contribution in [-0.2, 0) is 4.79 Å². The molecule has 112 valence electrons. The lowest BCUT2D eigenvalue weighted by atomic mass is 9.85. The summed E-state index contributed by atoms with van der Waals surface area (Å²) in [5.41, 5.74) is 5.77. The first-order chi connectivity index (χ1) is 10.6. The van der Waals surface area contributed by atoms with Gasteiger partial charge in [0.15, 0.2) is 5.78 Å². The van der Waals surface area contributed by atoms with Crippen molar-refractivity contribution in [1.82, 2.24) is 0 Å². The summed E-state index contributed by atoms with van der Waals surface area (Å²) in [4.78, 5) is 12.1. The first-order valence-electron chi connectivity index (χ1n) is 7.74. The van der Waals surface area contributed by atoms with E-state index in [9.17, 15) is 4.79 Å². The molecule has 0 aromatic heterocycles. The van der Waals surface area contributed by atoms with Gasteiger partial charge in [-0.25, -0.2) is 0 Å². The first-order valence-corrected chi connectivity index (χ1v) is 7.74. The minimum atomic E-state index is 0.200. The van der Waals surface area contributed by atoms with Gasteiger partial charge in [-0.2, -0.15) is 0 Å². The molecule has 22 heavy (non-hydrogen) atoms. The van der Waals surface area contributed by atoms with Gasteiger partial charge in [0.1, 0.15) is 0 Å². The number of benzene rings is 2. The van der Waals surface area contributed by atoms with E-state index in [1.807, 2.05) is 0 Å². The zero-order valence-electron chi connectivity index (χ0n) is 13.1. The minimum Gasteiger partial charge on any atom is -0.359 e.